The Morgan fingerprint density at radius 2 is 1.57 bits per heavy atom. The van der Waals surface area contributed by atoms with Crippen molar-refractivity contribution in [2.45, 2.75) is 31.5 Å². The van der Waals surface area contributed by atoms with Gasteiger partial charge in [0.25, 0.3) is 0 Å². The largest absolute Gasteiger partial charge is 0.392 e. The van der Waals surface area contributed by atoms with Crippen LogP contribution in [0.15, 0.2) is 66.7 Å². The van der Waals surface area contributed by atoms with Crippen molar-refractivity contribution < 1.29 is 15.0 Å². The third kappa shape index (κ3) is 2.84. The average molecular weight is 377 g/mol. The van der Waals surface area contributed by atoms with Gasteiger partial charge in [-0.2, -0.15) is 0 Å². The molecule has 2 N–H and O–H groups in total. The van der Waals surface area contributed by atoms with Crippen molar-refractivity contribution in [3.63, 3.8) is 0 Å². The second kappa shape index (κ2) is 7.28. The van der Waals surface area contributed by atoms with Crippen LogP contribution in [0.4, 0.5) is 0 Å². The van der Waals surface area contributed by atoms with Crippen LogP contribution in [-0.2, 0) is 10.4 Å². The number of likely N-dealkylation sites (tertiary alicyclic amines) is 1. The average Bonchev–Trinajstić information content (AvgIpc) is 3.31. The van der Waals surface area contributed by atoms with Gasteiger partial charge in [-0.3, -0.25) is 4.79 Å². The Labute approximate surface area is 166 Å². The Kier molecular flexibility index (Phi) is 4.96. The molecule has 1 heterocycles. The van der Waals surface area contributed by atoms with Crippen LogP contribution in [0.5, 0.6) is 0 Å². The number of aliphatic hydroxyl groups is 2. The monoisotopic (exact) mass is 377 g/mol. The van der Waals surface area contributed by atoms with Crippen molar-refractivity contribution in [2.75, 3.05) is 19.6 Å². The van der Waals surface area contributed by atoms with E-state index in [0.717, 1.165) is 31.5 Å². The SMILES string of the molecule is CC(O)[C@]1(CN2CCCC2)C=C(c2ccccc2)C(=O)[C@@]1(O)c1ccccc1. The van der Waals surface area contributed by atoms with Crippen molar-refractivity contribution in [3.05, 3.63) is 77.9 Å². The van der Waals surface area contributed by atoms with E-state index in [4.69, 9.17) is 0 Å². The molecule has 4 heteroatoms. The molecule has 146 valence electrons. The summed E-state index contributed by atoms with van der Waals surface area (Å²) in [4.78, 5) is 15.9. The Balaban J connectivity index is 1.90. The summed E-state index contributed by atoms with van der Waals surface area (Å²) in [5, 5.41) is 23.0. The zero-order chi connectivity index (χ0) is 19.8. The van der Waals surface area contributed by atoms with E-state index in [1.165, 1.54) is 0 Å². The van der Waals surface area contributed by atoms with Crippen molar-refractivity contribution in [1.82, 2.24) is 4.90 Å². The lowest BCUT2D eigenvalue weighted by molar-refractivity contribution is -0.155. The first kappa shape index (κ1) is 19.1. The van der Waals surface area contributed by atoms with E-state index < -0.39 is 17.1 Å². The highest BCUT2D eigenvalue weighted by molar-refractivity contribution is 6.27. The maximum Gasteiger partial charge on any atom is 0.200 e. The molecule has 1 fully saturated rings. The fourth-order valence-corrected chi connectivity index (χ4v) is 4.77. The summed E-state index contributed by atoms with van der Waals surface area (Å²) in [7, 11) is 0. The van der Waals surface area contributed by atoms with E-state index in [-0.39, 0.29) is 5.78 Å². The molecule has 2 aromatic rings. The number of carbonyl (C=O) groups is 1. The molecule has 1 saturated heterocycles. The highest BCUT2D eigenvalue weighted by Gasteiger charge is 2.63. The van der Waals surface area contributed by atoms with Crippen molar-refractivity contribution >= 4 is 11.4 Å². The second-order valence-corrected chi connectivity index (χ2v) is 8.03. The molecule has 4 nitrogen and oxygen atoms in total. The number of hydrogen-bond donors (Lipinski definition) is 2. The molecule has 3 atom stereocenters. The molecule has 2 aromatic carbocycles. The minimum absolute atomic E-state index is 0.343. The van der Waals surface area contributed by atoms with Crippen molar-refractivity contribution in [1.29, 1.82) is 0 Å². The molecule has 0 bridgehead atoms. The first-order valence-electron chi connectivity index (χ1n) is 10.0. The molecule has 1 aliphatic heterocycles. The Bertz CT molecular complexity index is 871. The number of Topliss-reactive ketones (excluding diaryl/α,β-unsaturated/α-hetero) is 1. The summed E-state index contributed by atoms with van der Waals surface area (Å²) in [6, 6.07) is 18.5. The van der Waals surface area contributed by atoms with Crippen LogP contribution in [0.25, 0.3) is 5.57 Å². The molecular formula is C24H27NO3. The van der Waals surface area contributed by atoms with Gasteiger partial charge in [-0.05, 0) is 44.0 Å². The van der Waals surface area contributed by atoms with E-state index in [2.05, 4.69) is 4.90 Å². The summed E-state index contributed by atoms with van der Waals surface area (Å²) in [5.41, 5.74) is -1.14. The Morgan fingerprint density at radius 3 is 2.14 bits per heavy atom. The maximum atomic E-state index is 13.7. The predicted octanol–water partition coefficient (Wildman–Crippen LogP) is 3.00. The first-order valence-corrected chi connectivity index (χ1v) is 10.0. The lowest BCUT2D eigenvalue weighted by atomic mass is 9.66. The molecule has 0 aromatic heterocycles. The molecule has 2 aliphatic rings. The fraction of sp³-hybridized carbons (Fsp3) is 0.375. The van der Waals surface area contributed by atoms with Gasteiger partial charge in [0.1, 0.15) is 0 Å². The van der Waals surface area contributed by atoms with E-state index in [1.807, 2.05) is 54.6 Å². The Morgan fingerprint density at radius 1 is 1.00 bits per heavy atom. The van der Waals surface area contributed by atoms with Crippen LogP contribution in [0, 0.1) is 5.41 Å². The van der Waals surface area contributed by atoms with Crippen LogP contribution in [0.3, 0.4) is 0 Å². The van der Waals surface area contributed by atoms with Gasteiger partial charge in [-0.25, -0.2) is 0 Å². The maximum absolute atomic E-state index is 13.7. The van der Waals surface area contributed by atoms with Gasteiger partial charge in [0, 0.05) is 12.1 Å². The molecule has 28 heavy (non-hydrogen) atoms. The van der Waals surface area contributed by atoms with E-state index >= 15 is 0 Å². The minimum atomic E-state index is -1.81. The van der Waals surface area contributed by atoms with Crippen LogP contribution in [0.2, 0.25) is 0 Å². The number of aliphatic hydroxyl groups excluding tert-OH is 1. The molecule has 0 saturated carbocycles. The third-order valence-corrected chi connectivity index (χ3v) is 6.35. The zero-order valence-corrected chi connectivity index (χ0v) is 16.2. The molecule has 0 spiro atoms. The molecule has 4 rings (SSSR count). The zero-order valence-electron chi connectivity index (χ0n) is 16.2. The Hall–Kier alpha value is -2.27. The number of ketones is 1. The quantitative estimate of drug-likeness (QED) is 0.841. The number of rotatable bonds is 5. The van der Waals surface area contributed by atoms with E-state index in [9.17, 15) is 15.0 Å². The van der Waals surface area contributed by atoms with Crippen LogP contribution >= 0.6 is 0 Å². The summed E-state index contributed by atoms with van der Waals surface area (Å²) < 4.78 is 0. The van der Waals surface area contributed by atoms with E-state index in [0.29, 0.717) is 17.7 Å². The van der Waals surface area contributed by atoms with Gasteiger partial charge in [0.2, 0.25) is 0 Å². The molecular weight excluding hydrogens is 350 g/mol. The lowest BCUT2D eigenvalue weighted by Crippen LogP contribution is -2.57. The number of carbonyl (C=O) groups excluding carboxylic acids is 1. The predicted molar refractivity (Wildman–Crippen MR) is 110 cm³/mol. The van der Waals surface area contributed by atoms with Crippen LogP contribution < -0.4 is 0 Å². The summed E-state index contributed by atoms with van der Waals surface area (Å²) >= 11 is 0. The summed E-state index contributed by atoms with van der Waals surface area (Å²) in [6.07, 6.45) is 3.13. The first-order chi connectivity index (χ1) is 13.5. The third-order valence-electron chi connectivity index (χ3n) is 6.35. The fourth-order valence-electron chi connectivity index (χ4n) is 4.77. The number of nitrogens with zero attached hydrogens (tertiary/aromatic N) is 1. The van der Waals surface area contributed by atoms with Gasteiger partial charge in [-0.1, -0.05) is 66.7 Å². The second-order valence-electron chi connectivity index (χ2n) is 8.03. The minimum Gasteiger partial charge on any atom is -0.392 e. The summed E-state index contributed by atoms with van der Waals surface area (Å²) in [6.45, 7) is 3.96. The molecule has 0 radical (unpaired) electrons. The van der Waals surface area contributed by atoms with Gasteiger partial charge in [0.05, 0.1) is 11.5 Å². The number of benzene rings is 2. The molecule has 0 amide bonds. The smallest absolute Gasteiger partial charge is 0.200 e. The van der Waals surface area contributed by atoms with Crippen LogP contribution in [0.1, 0.15) is 30.9 Å². The normalized spacial score (nSPS) is 29.1. The highest BCUT2D eigenvalue weighted by atomic mass is 16.3. The van der Waals surface area contributed by atoms with E-state index in [1.54, 1.807) is 19.1 Å². The topological polar surface area (TPSA) is 60.8 Å². The summed E-state index contributed by atoms with van der Waals surface area (Å²) in [5.74, 6) is -0.343. The van der Waals surface area contributed by atoms with Crippen molar-refractivity contribution in [2.24, 2.45) is 5.41 Å². The van der Waals surface area contributed by atoms with Gasteiger partial charge >= 0.3 is 0 Å². The van der Waals surface area contributed by atoms with Crippen LogP contribution in [-0.4, -0.2) is 46.6 Å². The van der Waals surface area contributed by atoms with Gasteiger partial charge < -0.3 is 15.1 Å². The number of hydrogen-bond acceptors (Lipinski definition) is 4. The molecule has 1 unspecified atom stereocenters. The molecule has 1 aliphatic carbocycles. The van der Waals surface area contributed by atoms with Gasteiger partial charge in [0.15, 0.2) is 11.4 Å². The highest BCUT2D eigenvalue weighted by Crippen LogP contribution is 2.54. The van der Waals surface area contributed by atoms with Crippen molar-refractivity contribution in [3.8, 4) is 0 Å². The lowest BCUT2D eigenvalue weighted by Gasteiger charge is -2.45. The van der Waals surface area contributed by atoms with Gasteiger partial charge in [-0.15, -0.1) is 0 Å². The standard InChI is InChI=1S/C24H27NO3/c1-18(26)23(17-25-14-8-9-15-25)16-21(19-10-4-2-5-11-19)22(27)24(23,28)20-12-6-3-7-13-20/h2-7,10-13,16,18,26,28H,8-9,14-15,17H2,1H3/t18?,23-,24+/m1/s1.